The molecule has 2 aromatic rings. The minimum absolute atomic E-state index is 0.0749. The topological polar surface area (TPSA) is 82.4 Å². The molecule has 0 bridgehead atoms. The summed E-state index contributed by atoms with van der Waals surface area (Å²) in [5.41, 5.74) is 2.18. The van der Waals surface area contributed by atoms with Crippen LogP contribution in [0.25, 0.3) is 0 Å². The summed E-state index contributed by atoms with van der Waals surface area (Å²) >= 11 is 0. The molecule has 1 saturated heterocycles. The third-order valence-corrected chi connectivity index (χ3v) is 5.14. The summed E-state index contributed by atoms with van der Waals surface area (Å²) in [6.45, 7) is 4.88. The summed E-state index contributed by atoms with van der Waals surface area (Å²) in [5, 5.41) is 12.2. The highest BCUT2D eigenvalue weighted by atomic mass is 16.5. The number of piperidine rings is 1. The van der Waals surface area contributed by atoms with E-state index in [1.807, 2.05) is 43.0 Å². The zero-order valence-corrected chi connectivity index (χ0v) is 17.4. The van der Waals surface area contributed by atoms with Crippen LogP contribution < -0.4 is 15.0 Å². The molecule has 1 fully saturated rings. The van der Waals surface area contributed by atoms with Gasteiger partial charge in [0.2, 0.25) is 5.91 Å². The number of nitrogens with one attached hydrogen (secondary N) is 1. The van der Waals surface area contributed by atoms with Gasteiger partial charge in [-0.15, -0.1) is 0 Å². The van der Waals surface area contributed by atoms with Crippen LogP contribution in [0.5, 0.6) is 5.75 Å². The number of hydrogen-bond donors (Lipinski definition) is 1. The van der Waals surface area contributed by atoms with E-state index in [0.29, 0.717) is 24.3 Å². The SMILES string of the molecule is CC(C)C(Oc1ccccc1C#N)C(=O)NCc1cccc(N2CCCCC2=O)c1. The zero-order valence-electron chi connectivity index (χ0n) is 17.4. The Morgan fingerprint density at radius 1 is 1.20 bits per heavy atom. The molecule has 0 aliphatic carbocycles. The van der Waals surface area contributed by atoms with Gasteiger partial charge in [-0.05, 0) is 48.6 Å². The van der Waals surface area contributed by atoms with Crippen molar-refractivity contribution in [1.82, 2.24) is 5.32 Å². The normalized spacial score (nSPS) is 14.9. The molecule has 6 nitrogen and oxygen atoms in total. The van der Waals surface area contributed by atoms with Crippen LogP contribution in [0.2, 0.25) is 0 Å². The molecule has 1 unspecified atom stereocenters. The van der Waals surface area contributed by atoms with Crippen molar-refractivity contribution < 1.29 is 14.3 Å². The fourth-order valence-corrected chi connectivity index (χ4v) is 3.49. The van der Waals surface area contributed by atoms with E-state index in [1.54, 1.807) is 24.3 Å². The van der Waals surface area contributed by atoms with E-state index in [4.69, 9.17) is 4.74 Å². The van der Waals surface area contributed by atoms with E-state index >= 15 is 0 Å². The van der Waals surface area contributed by atoms with Crippen LogP contribution in [0.1, 0.15) is 44.2 Å². The van der Waals surface area contributed by atoms with Crippen molar-refractivity contribution in [3.05, 3.63) is 59.7 Å². The Hall–Kier alpha value is -3.33. The summed E-state index contributed by atoms with van der Waals surface area (Å²) in [5.74, 6) is 0.234. The smallest absolute Gasteiger partial charge is 0.261 e. The zero-order chi connectivity index (χ0) is 21.5. The van der Waals surface area contributed by atoms with Crippen LogP contribution in [-0.4, -0.2) is 24.5 Å². The molecule has 6 heteroatoms. The molecule has 0 spiro atoms. The number of para-hydroxylation sites is 1. The third kappa shape index (κ3) is 5.18. The first-order valence-corrected chi connectivity index (χ1v) is 10.3. The van der Waals surface area contributed by atoms with Gasteiger partial charge in [-0.25, -0.2) is 0 Å². The van der Waals surface area contributed by atoms with Crippen molar-refractivity contribution in [2.75, 3.05) is 11.4 Å². The minimum Gasteiger partial charge on any atom is -0.479 e. The molecule has 1 heterocycles. The van der Waals surface area contributed by atoms with E-state index in [2.05, 4.69) is 11.4 Å². The van der Waals surface area contributed by atoms with Crippen molar-refractivity contribution in [3.63, 3.8) is 0 Å². The number of rotatable bonds is 7. The highest BCUT2D eigenvalue weighted by Crippen LogP contribution is 2.23. The Kier molecular flexibility index (Phi) is 7.08. The quantitative estimate of drug-likeness (QED) is 0.760. The molecular formula is C24H27N3O3. The molecule has 1 aliphatic rings. The number of nitrogens with zero attached hydrogens (tertiary/aromatic N) is 2. The standard InChI is InChI=1S/C24H27N3O3/c1-17(2)23(30-21-11-4-3-9-19(21)15-25)24(29)26-16-18-8-7-10-20(14-18)27-13-6-5-12-22(27)28/h3-4,7-11,14,17,23H,5-6,12-13,16H2,1-2H3,(H,26,29). The van der Waals surface area contributed by atoms with Gasteiger partial charge in [0, 0.05) is 25.2 Å². The number of anilines is 1. The Bertz CT molecular complexity index is 949. The van der Waals surface area contributed by atoms with Gasteiger partial charge in [0.25, 0.3) is 5.91 Å². The number of nitriles is 1. The van der Waals surface area contributed by atoms with Crippen LogP contribution in [0, 0.1) is 17.2 Å². The highest BCUT2D eigenvalue weighted by molar-refractivity contribution is 5.94. The van der Waals surface area contributed by atoms with Crippen LogP contribution in [0.15, 0.2) is 48.5 Å². The van der Waals surface area contributed by atoms with Gasteiger partial charge in [-0.2, -0.15) is 5.26 Å². The van der Waals surface area contributed by atoms with Gasteiger partial charge >= 0.3 is 0 Å². The Labute approximate surface area is 177 Å². The van der Waals surface area contributed by atoms with Crippen LogP contribution in [0.3, 0.4) is 0 Å². The number of hydrogen-bond acceptors (Lipinski definition) is 4. The van der Waals surface area contributed by atoms with Crippen molar-refractivity contribution in [2.45, 2.75) is 45.8 Å². The summed E-state index contributed by atoms with van der Waals surface area (Å²) in [7, 11) is 0. The van der Waals surface area contributed by atoms with Gasteiger partial charge in [-0.3, -0.25) is 9.59 Å². The maximum atomic E-state index is 12.8. The lowest BCUT2D eigenvalue weighted by molar-refractivity contribution is -0.130. The van der Waals surface area contributed by atoms with Gasteiger partial charge in [-0.1, -0.05) is 38.1 Å². The number of carbonyl (C=O) groups excluding carboxylic acids is 2. The second kappa shape index (κ2) is 9.93. The van der Waals surface area contributed by atoms with Crippen molar-refractivity contribution in [1.29, 1.82) is 5.26 Å². The van der Waals surface area contributed by atoms with E-state index < -0.39 is 6.10 Å². The summed E-state index contributed by atoms with van der Waals surface area (Å²) in [4.78, 5) is 26.8. The molecule has 0 saturated carbocycles. The van der Waals surface area contributed by atoms with Gasteiger partial charge < -0.3 is 15.0 Å². The molecule has 0 aromatic heterocycles. The Morgan fingerprint density at radius 2 is 2.00 bits per heavy atom. The van der Waals surface area contributed by atoms with E-state index in [9.17, 15) is 14.9 Å². The highest BCUT2D eigenvalue weighted by Gasteiger charge is 2.25. The second-order valence-corrected chi connectivity index (χ2v) is 7.78. The van der Waals surface area contributed by atoms with Crippen molar-refractivity contribution in [2.24, 2.45) is 5.92 Å². The molecule has 0 radical (unpaired) electrons. The summed E-state index contributed by atoms with van der Waals surface area (Å²) in [6.07, 6.45) is 1.81. The maximum absolute atomic E-state index is 12.8. The third-order valence-electron chi connectivity index (χ3n) is 5.14. The predicted octanol–water partition coefficient (Wildman–Crippen LogP) is 3.79. The lowest BCUT2D eigenvalue weighted by Gasteiger charge is -2.27. The van der Waals surface area contributed by atoms with Gasteiger partial charge in [0.05, 0.1) is 5.56 Å². The molecule has 1 atom stereocenters. The summed E-state index contributed by atoms with van der Waals surface area (Å²) < 4.78 is 5.89. The number of benzene rings is 2. The lowest BCUT2D eigenvalue weighted by Crippen LogP contribution is -2.41. The van der Waals surface area contributed by atoms with Crippen LogP contribution >= 0.6 is 0 Å². The van der Waals surface area contributed by atoms with E-state index in [-0.39, 0.29) is 17.7 Å². The monoisotopic (exact) mass is 405 g/mol. The average molecular weight is 405 g/mol. The van der Waals surface area contributed by atoms with E-state index in [1.165, 1.54) is 0 Å². The van der Waals surface area contributed by atoms with Crippen molar-refractivity contribution >= 4 is 17.5 Å². The number of ether oxygens (including phenoxy) is 1. The van der Waals surface area contributed by atoms with Crippen LogP contribution in [-0.2, 0) is 16.1 Å². The average Bonchev–Trinajstić information content (AvgIpc) is 2.76. The molecule has 30 heavy (non-hydrogen) atoms. The second-order valence-electron chi connectivity index (χ2n) is 7.78. The first kappa shape index (κ1) is 21.4. The fourth-order valence-electron chi connectivity index (χ4n) is 3.49. The maximum Gasteiger partial charge on any atom is 0.261 e. The Morgan fingerprint density at radius 3 is 2.73 bits per heavy atom. The molecule has 156 valence electrons. The van der Waals surface area contributed by atoms with Gasteiger partial charge in [0.1, 0.15) is 11.8 Å². The van der Waals surface area contributed by atoms with Crippen LogP contribution in [0.4, 0.5) is 5.69 Å². The van der Waals surface area contributed by atoms with E-state index in [0.717, 1.165) is 30.6 Å². The fraction of sp³-hybridized carbons (Fsp3) is 0.375. The molecule has 3 rings (SSSR count). The molecule has 1 aliphatic heterocycles. The molecular weight excluding hydrogens is 378 g/mol. The van der Waals surface area contributed by atoms with Gasteiger partial charge in [0.15, 0.2) is 6.10 Å². The molecule has 2 amide bonds. The Balaban J connectivity index is 1.66. The van der Waals surface area contributed by atoms with Crippen molar-refractivity contribution in [3.8, 4) is 11.8 Å². The molecule has 2 aromatic carbocycles. The predicted molar refractivity (Wildman–Crippen MR) is 115 cm³/mol. The minimum atomic E-state index is -0.716. The lowest BCUT2D eigenvalue weighted by atomic mass is 10.1. The number of amides is 2. The molecule has 1 N–H and O–H groups in total. The number of carbonyl (C=O) groups is 2. The first-order valence-electron chi connectivity index (χ1n) is 10.3. The largest absolute Gasteiger partial charge is 0.479 e. The first-order chi connectivity index (χ1) is 14.5. The summed E-state index contributed by atoms with van der Waals surface area (Å²) in [6, 6.07) is 16.7.